The molecule has 154 valence electrons. The molecule has 5 heteroatoms. The average Bonchev–Trinajstić information content (AvgIpc) is 2.77. The zero-order chi connectivity index (χ0) is 20.5. The first-order valence-electron chi connectivity index (χ1n) is 10.3. The normalized spacial score (nSPS) is 14.8. The molecule has 1 fully saturated rings. The number of ether oxygens (including phenoxy) is 2. The van der Waals surface area contributed by atoms with Gasteiger partial charge in [-0.1, -0.05) is 19.1 Å². The largest absolute Gasteiger partial charge is 0.497 e. The van der Waals surface area contributed by atoms with Crippen molar-refractivity contribution in [2.24, 2.45) is 0 Å². The van der Waals surface area contributed by atoms with Crippen molar-refractivity contribution in [3.8, 4) is 11.5 Å². The molecule has 29 heavy (non-hydrogen) atoms. The number of hydrogen-bond donors (Lipinski definition) is 1. The zero-order valence-corrected chi connectivity index (χ0v) is 17.3. The van der Waals surface area contributed by atoms with Gasteiger partial charge >= 0.3 is 0 Å². The predicted octanol–water partition coefficient (Wildman–Crippen LogP) is 4.28. The van der Waals surface area contributed by atoms with Gasteiger partial charge in [0, 0.05) is 30.9 Å². The molecular weight excluding hydrogens is 364 g/mol. The molecular formula is C24H30N2O3. The van der Waals surface area contributed by atoms with Crippen molar-refractivity contribution in [2.75, 3.05) is 31.7 Å². The smallest absolute Gasteiger partial charge is 0.244 e. The van der Waals surface area contributed by atoms with Crippen LogP contribution in [0.25, 0.3) is 6.08 Å². The maximum Gasteiger partial charge on any atom is 0.244 e. The molecule has 3 rings (SSSR count). The van der Waals surface area contributed by atoms with E-state index in [-0.39, 0.29) is 11.9 Å². The van der Waals surface area contributed by atoms with Crippen LogP contribution in [0, 0.1) is 0 Å². The third-order valence-corrected chi connectivity index (χ3v) is 5.06. The Balaban J connectivity index is 1.43. The van der Waals surface area contributed by atoms with E-state index in [1.54, 1.807) is 13.2 Å². The van der Waals surface area contributed by atoms with Gasteiger partial charge < -0.3 is 19.7 Å². The van der Waals surface area contributed by atoms with Crippen LogP contribution in [0.4, 0.5) is 5.69 Å². The van der Waals surface area contributed by atoms with Gasteiger partial charge in [-0.05, 0) is 67.3 Å². The second-order valence-corrected chi connectivity index (χ2v) is 7.22. The minimum atomic E-state index is -0.0424. The summed E-state index contributed by atoms with van der Waals surface area (Å²) in [6.45, 7) is 4.66. The first kappa shape index (κ1) is 20.8. The Labute approximate surface area is 173 Å². The number of amides is 1. The van der Waals surface area contributed by atoms with Crippen LogP contribution >= 0.6 is 0 Å². The summed E-state index contributed by atoms with van der Waals surface area (Å²) in [6, 6.07) is 16.1. The van der Waals surface area contributed by atoms with Crippen LogP contribution in [0.1, 0.15) is 31.7 Å². The molecule has 1 amide bonds. The third-order valence-electron chi connectivity index (χ3n) is 5.06. The van der Waals surface area contributed by atoms with Gasteiger partial charge in [-0.15, -0.1) is 0 Å². The molecule has 1 aliphatic heterocycles. The topological polar surface area (TPSA) is 50.8 Å². The van der Waals surface area contributed by atoms with Crippen LogP contribution < -0.4 is 19.7 Å². The lowest BCUT2D eigenvalue weighted by Crippen LogP contribution is -2.44. The zero-order valence-electron chi connectivity index (χ0n) is 17.3. The number of nitrogens with zero attached hydrogens (tertiary/aromatic N) is 1. The number of carbonyl (C=O) groups excluding carboxylic acids is 1. The Morgan fingerprint density at radius 1 is 1.07 bits per heavy atom. The number of carbonyl (C=O) groups is 1. The molecule has 0 atom stereocenters. The SMILES string of the molecule is CCCOc1ccc(/C=C/C(=O)NC2CCN(c3ccc(OC)cc3)CC2)cc1. The molecule has 1 heterocycles. The van der Waals surface area contributed by atoms with Crippen molar-refractivity contribution in [1.82, 2.24) is 5.32 Å². The molecule has 0 spiro atoms. The number of rotatable bonds is 8. The number of nitrogens with one attached hydrogen (secondary N) is 1. The molecule has 0 bridgehead atoms. The number of methoxy groups -OCH3 is 1. The Kier molecular flexibility index (Phi) is 7.56. The van der Waals surface area contributed by atoms with Crippen molar-refractivity contribution >= 4 is 17.7 Å². The van der Waals surface area contributed by atoms with E-state index in [4.69, 9.17) is 9.47 Å². The van der Waals surface area contributed by atoms with E-state index in [1.807, 2.05) is 42.5 Å². The fourth-order valence-corrected chi connectivity index (χ4v) is 3.39. The van der Waals surface area contributed by atoms with Gasteiger partial charge in [-0.25, -0.2) is 0 Å². The molecule has 2 aromatic rings. The van der Waals surface area contributed by atoms with Gasteiger partial charge in [-0.2, -0.15) is 0 Å². The maximum atomic E-state index is 12.3. The molecule has 0 unspecified atom stereocenters. The second kappa shape index (κ2) is 10.6. The van der Waals surface area contributed by atoms with Crippen molar-refractivity contribution in [1.29, 1.82) is 0 Å². The molecule has 0 aliphatic carbocycles. The first-order valence-corrected chi connectivity index (χ1v) is 10.3. The molecule has 1 saturated heterocycles. The van der Waals surface area contributed by atoms with Gasteiger partial charge in [-0.3, -0.25) is 4.79 Å². The van der Waals surface area contributed by atoms with Gasteiger partial charge in [0.1, 0.15) is 11.5 Å². The maximum absolute atomic E-state index is 12.3. The summed E-state index contributed by atoms with van der Waals surface area (Å²) in [5.41, 5.74) is 2.18. The van der Waals surface area contributed by atoms with E-state index in [1.165, 1.54) is 5.69 Å². The molecule has 5 nitrogen and oxygen atoms in total. The second-order valence-electron chi connectivity index (χ2n) is 7.22. The van der Waals surface area contributed by atoms with E-state index >= 15 is 0 Å². The minimum absolute atomic E-state index is 0.0424. The van der Waals surface area contributed by atoms with Crippen molar-refractivity contribution in [3.05, 3.63) is 60.2 Å². The Hall–Kier alpha value is -2.95. The van der Waals surface area contributed by atoms with Gasteiger partial charge in [0.15, 0.2) is 0 Å². The van der Waals surface area contributed by atoms with Crippen LogP contribution in [0.3, 0.4) is 0 Å². The lowest BCUT2D eigenvalue weighted by molar-refractivity contribution is -0.117. The predicted molar refractivity (Wildman–Crippen MR) is 118 cm³/mol. The molecule has 1 aliphatic rings. The minimum Gasteiger partial charge on any atom is -0.497 e. The molecule has 2 aromatic carbocycles. The molecule has 0 radical (unpaired) electrons. The van der Waals surface area contributed by atoms with E-state index < -0.39 is 0 Å². The quantitative estimate of drug-likeness (QED) is 0.679. The number of anilines is 1. The fraction of sp³-hybridized carbons (Fsp3) is 0.375. The lowest BCUT2D eigenvalue weighted by Gasteiger charge is -2.33. The highest BCUT2D eigenvalue weighted by Crippen LogP contribution is 2.23. The van der Waals surface area contributed by atoms with Gasteiger partial charge in [0.25, 0.3) is 0 Å². The number of benzene rings is 2. The molecule has 0 saturated carbocycles. The van der Waals surface area contributed by atoms with Crippen LogP contribution in [0.5, 0.6) is 11.5 Å². The van der Waals surface area contributed by atoms with E-state index in [9.17, 15) is 4.79 Å². The summed E-state index contributed by atoms with van der Waals surface area (Å²) >= 11 is 0. The summed E-state index contributed by atoms with van der Waals surface area (Å²) in [5, 5.41) is 3.12. The summed E-state index contributed by atoms with van der Waals surface area (Å²) in [7, 11) is 1.68. The highest BCUT2D eigenvalue weighted by atomic mass is 16.5. The van der Waals surface area contributed by atoms with Crippen LogP contribution in [-0.2, 0) is 4.79 Å². The van der Waals surface area contributed by atoms with Gasteiger partial charge in [0.05, 0.1) is 13.7 Å². The first-order chi connectivity index (χ1) is 14.2. The number of piperidine rings is 1. The fourth-order valence-electron chi connectivity index (χ4n) is 3.39. The molecule has 0 aromatic heterocycles. The summed E-state index contributed by atoms with van der Waals surface area (Å²) < 4.78 is 10.8. The average molecular weight is 395 g/mol. The van der Waals surface area contributed by atoms with Crippen molar-refractivity contribution in [3.63, 3.8) is 0 Å². The van der Waals surface area contributed by atoms with E-state index in [0.717, 1.165) is 56.0 Å². The van der Waals surface area contributed by atoms with E-state index in [0.29, 0.717) is 0 Å². The van der Waals surface area contributed by atoms with Gasteiger partial charge in [0.2, 0.25) is 5.91 Å². The summed E-state index contributed by atoms with van der Waals surface area (Å²) in [5.74, 6) is 1.68. The summed E-state index contributed by atoms with van der Waals surface area (Å²) in [4.78, 5) is 14.6. The van der Waals surface area contributed by atoms with Crippen molar-refractivity contribution < 1.29 is 14.3 Å². The Bertz CT molecular complexity index is 792. The molecule has 1 N–H and O–H groups in total. The highest BCUT2D eigenvalue weighted by molar-refractivity contribution is 5.91. The Morgan fingerprint density at radius 3 is 2.34 bits per heavy atom. The highest BCUT2D eigenvalue weighted by Gasteiger charge is 2.20. The van der Waals surface area contributed by atoms with Crippen LogP contribution in [-0.4, -0.2) is 38.8 Å². The van der Waals surface area contributed by atoms with E-state index in [2.05, 4.69) is 29.3 Å². The monoisotopic (exact) mass is 394 g/mol. The van der Waals surface area contributed by atoms with Crippen molar-refractivity contribution in [2.45, 2.75) is 32.2 Å². The lowest BCUT2D eigenvalue weighted by atomic mass is 10.0. The third kappa shape index (κ3) is 6.28. The summed E-state index contributed by atoms with van der Waals surface area (Å²) in [6.07, 6.45) is 6.31. The number of hydrogen-bond acceptors (Lipinski definition) is 4. The van der Waals surface area contributed by atoms with Crippen LogP contribution in [0.15, 0.2) is 54.6 Å². The standard InChI is InChI=1S/C24H30N2O3/c1-3-18-29-23-9-4-19(5-10-23)6-13-24(27)25-20-14-16-26(17-15-20)21-7-11-22(28-2)12-8-21/h4-13,20H,3,14-18H2,1-2H3,(H,25,27)/b13-6+. The van der Waals surface area contributed by atoms with Crippen LogP contribution in [0.2, 0.25) is 0 Å². The Morgan fingerprint density at radius 2 is 1.72 bits per heavy atom.